The van der Waals surface area contributed by atoms with Gasteiger partial charge in [-0.3, -0.25) is 14.5 Å². The zero-order valence-corrected chi connectivity index (χ0v) is 13.5. The average molecular weight is 320 g/mol. The van der Waals surface area contributed by atoms with Crippen LogP contribution in [0.25, 0.3) is 10.9 Å². The summed E-state index contributed by atoms with van der Waals surface area (Å²) in [5, 5.41) is 5.23. The Kier molecular flexibility index (Phi) is 3.99. The molecule has 122 valence electrons. The molecule has 0 atom stereocenters. The van der Waals surface area contributed by atoms with Gasteiger partial charge in [-0.25, -0.2) is 0 Å². The van der Waals surface area contributed by atoms with Crippen LogP contribution in [0.5, 0.6) is 0 Å². The largest absolute Gasteiger partial charge is 0.306 e. The maximum Gasteiger partial charge on any atom is 0.249 e. The molecule has 0 saturated heterocycles. The van der Waals surface area contributed by atoms with Crippen molar-refractivity contribution in [2.75, 3.05) is 4.90 Å². The zero-order valence-electron chi connectivity index (χ0n) is 13.5. The molecule has 4 rings (SSSR count). The summed E-state index contributed by atoms with van der Waals surface area (Å²) in [6.07, 6.45) is 9.76. The van der Waals surface area contributed by atoms with Gasteiger partial charge in [-0.05, 0) is 31.0 Å². The molecule has 1 aromatic carbocycles. The molecule has 0 aliphatic heterocycles. The first-order valence-corrected chi connectivity index (χ1v) is 8.46. The number of benzene rings is 1. The van der Waals surface area contributed by atoms with E-state index >= 15 is 0 Å². The molecule has 1 saturated carbocycles. The molecule has 3 aromatic rings. The zero-order chi connectivity index (χ0) is 16.4. The van der Waals surface area contributed by atoms with Crippen LogP contribution in [0.3, 0.4) is 0 Å². The van der Waals surface area contributed by atoms with Crippen molar-refractivity contribution >= 4 is 22.5 Å². The van der Waals surface area contributed by atoms with Crippen LogP contribution >= 0.6 is 0 Å². The Morgan fingerprint density at radius 2 is 1.96 bits per heavy atom. The molecule has 1 aliphatic carbocycles. The summed E-state index contributed by atoms with van der Waals surface area (Å²) >= 11 is 0. The number of pyridine rings is 1. The van der Waals surface area contributed by atoms with E-state index in [4.69, 9.17) is 0 Å². The molecule has 2 aromatic heterocycles. The molecule has 5 nitrogen and oxygen atoms in total. The molecular formula is C19H20N4O. The highest BCUT2D eigenvalue weighted by atomic mass is 16.2. The van der Waals surface area contributed by atoms with E-state index in [0.717, 1.165) is 29.4 Å². The third-order valence-electron chi connectivity index (χ3n) is 4.69. The van der Waals surface area contributed by atoms with Gasteiger partial charge in [0, 0.05) is 30.0 Å². The number of nitrogens with zero attached hydrogens (tertiary/aromatic N) is 4. The number of rotatable bonds is 4. The minimum Gasteiger partial charge on any atom is -0.306 e. The summed E-state index contributed by atoms with van der Waals surface area (Å²) in [5.74, 6) is 0.0729. The average Bonchev–Trinajstić information content (AvgIpc) is 3.29. The topological polar surface area (TPSA) is 51.0 Å². The molecule has 0 bridgehead atoms. The first kappa shape index (κ1) is 14.9. The maximum atomic E-state index is 13.1. The van der Waals surface area contributed by atoms with E-state index in [1.165, 1.54) is 12.8 Å². The molecule has 1 fully saturated rings. The Balaban J connectivity index is 1.75. The van der Waals surface area contributed by atoms with E-state index in [2.05, 4.69) is 10.1 Å². The number of amides is 1. The molecule has 0 N–H and O–H groups in total. The summed E-state index contributed by atoms with van der Waals surface area (Å²) in [4.78, 5) is 19.6. The number of hydrogen-bond donors (Lipinski definition) is 0. The van der Waals surface area contributed by atoms with Gasteiger partial charge in [0.15, 0.2) is 0 Å². The van der Waals surface area contributed by atoms with Gasteiger partial charge >= 0.3 is 0 Å². The number of anilines is 1. The minimum atomic E-state index is 0.0729. The summed E-state index contributed by atoms with van der Waals surface area (Å²) in [5.41, 5.74) is 1.80. The van der Waals surface area contributed by atoms with E-state index < -0.39 is 0 Å². The summed E-state index contributed by atoms with van der Waals surface area (Å²) < 4.78 is 1.68. The van der Waals surface area contributed by atoms with Gasteiger partial charge in [0.2, 0.25) is 5.91 Å². The van der Waals surface area contributed by atoms with Crippen LogP contribution in [0.15, 0.2) is 55.0 Å². The normalized spacial score (nSPS) is 15.0. The second-order valence-electron chi connectivity index (χ2n) is 6.26. The van der Waals surface area contributed by atoms with Crippen LogP contribution < -0.4 is 4.90 Å². The lowest BCUT2D eigenvalue weighted by Gasteiger charge is -2.30. The fourth-order valence-corrected chi connectivity index (χ4v) is 3.59. The van der Waals surface area contributed by atoms with Crippen LogP contribution in [-0.2, 0) is 11.3 Å². The first-order valence-electron chi connectivity index (χ1n) is 8.46. The van der Waals surface area contributed by atoms with Crippen molar-refractivity contribution in [2.24, 2.45) is 0 Å². The van der Waals surface area contributed by atoms with Gasteiger partial charge in [0.05, 0.1) is 11.2 Å². The van der Waals surface area contributed by atoms with Crippen molar-refractivity contribution in [1.82, 2.24) is 14.8 Å². The predicted molar refractivity (Wildman–Crippen MR) is 93.7 cm³/mol. The standard InChI is InChI=1S/C19H20N4O/c24-18(14-22-13-5-12-21-22)23(16-8-1-2-9-16)17-10-3-6-15-7-4-11-20-19(15)17/h3-7,10-13,16H,1-2,8-9,14H2. The first-order chi connectivity index (χ1) is 11.8. The molecule has 0 spiro atoms. The van der Waals surface area contributed by atoms with Gasteiger partial charge in [-0.2, -0.15) is 5.10 Å². The summed E-state index contributed by atoms with van der Waals surface area (Å²) in [6.45, 7) is 0.257. The van der Waals surface area contributed by atoms with Crippen LogP contribution in [0, 0.1) is 0 Å². The Morgan fingerprint density at radius 1 is 1.12 bits per heavy atom. The monoisotopic (exact) mass is 320 g/mol. The number of aromatic nitrogens is 3. The molecule has 0 unspecified atom stereocenters. The van der Waals surface area contributed by atoms with E-state index in [9.17, 15) is 4.79 Å². The highest BCUT2D eigenvalue weighted by Crippen LogP contribution is 2.32. The van der Waals surface area contributed by atoms with Crippen LogP contribution in [-0.4, -0.2) is 26.7 Å². The van der Waals surface area contributed by atoms with Gasteiger partial charge in [0.25, 0.3) is 0 Å². The Labute approximate surface area is 140 Å². The number of hydrogen-bond acceptors (Lipinski definition) is 3. The predicted octanol–water partition coefficient (Wildman–Crippen LogP) is 3.41. The quantitative estimate of drug-likeness (QED) is 0.740. The Hall–Kier alpha value is -2.69. The molecule has 0 radical (unpaired) electrons. The van der Waals surface area contributed by atoms with E-state index in [1.807, 2.05) is 47.5 Å². The second kappa shape index (κ2) is 6.43. The van der Waals surface area contributed by atoms with Gasteiger partial charge in [0.1, 0.15) is 6.54 Å². The molecular weight excluding hydrogens is 300 g/mol. The van der Waals surface area contributed by atoms with Crippen molar-refractivity contribution in [2.45, 2.75) is 38.3 Å². The lowest BCUT2D eigenvalue weighted by Crippen LogP contribution is -2.41. The van der Waals surface area contributed by atoms with E-state index in [-0.39, 0.29) is 18.5 Å². The molecule has 5 heteroatoms. The van der Waals surface area contributed by atoms with Crippen LogP contribution in [0.1, 0.15) is 25.7 Å². The Bertz CT molecular complexity index is 832. The van der Waals surface area contributed by atoms with Crippen molar-refractivity contribution < 1.29 is 4.79 Å². The van der Waals surface area contributed by atoms with Gasteiger partial charge in [-0.15, -0.1) is 0 Å². The fourth-order valence-electron chi connectivity index (χ4n) is 3.59. The number of para-hydroxylation sites is 1. The minimum absolute atomic E-state index is 0.0729. The third-order valence-corrected chi connectivity index (χ3v) is 4.69. The van der Waals surface area contributed by atoms with Gasteiger partial charge in [-0.1, -0.05) is 31.0 Å². The van der Waals surface area contributed by atoms with Crippen LogP contribution in [0.2, 0.25) is 0 Å². The number of carbonyl (C=O) groups is 1. The van der Waals surface area contributed by atoms with Gasteiger partial charge < -0.3 is 4.90 Å². The van der Waals surface area contributed by atoms with Crippen LogP contribution in [0.4, 0.5) is 5.69 Å². The van der Waals surface area contributed by atoms with E-state index in [0.29, 0.717) is 0 Å². The SMILES string of the molecule is O=C(Cn1cccn1)N(c1cccc2cccnc12)C1CCCC1. The van der Waals surface area contributed by atoms with Crippen molar-refractivity contribution in [3.63, 3.8) is 0 Å². The fraction of sp³-hybridized carbons (Fsp3) is 0.316. The third kappa shape index (κ3) is 2.77. The molecule has 24 heavy (non-hydrogen) atoms. The molecule has 2 heterocycles. The highest BCUT2D eigenvalue weighted by molar-refractivity contribution is 6.02. The smallest absolute Gasteiger partial charge is 0.249 e. The lowest BCUT2D eigenvalue weighted by molar-refractivity contribution is -0.119. The van der Waals surface area contributed by atoms with Crippen molar-refractivity contribution in [3.8, 4) is 0 Å². The second-order valence-corrected chi connectivity index (χ2v) is 6.26. The highest BCUT2D eigenvalue weighted by Gasteiger charge is 2.29. The number of carbonyl (C=O) groups excluding carboxylic acids is 1. The Morgan fingerprint density at radius 3 is 2.75 bits per heavy atom. The molecule has 1 amide bonds. The number of fused-ring (bicyclic) bond motifs is 1. The lowest BCUT2D eigenvalue weighted by atomic mass is 10.1. The maximum absolute atomic E-state index is 13.1. The van der Waals surface area contributed by atoms with Crippen molar-refractivity contribution in [1.29, 1.82) is 0 Å². The van der Waals surface area contributed by atoms with E-state index in [1.54, 1.807) is 17.1 Å². The van der Waals surface area contributed by atoms with Crippen molar-refractivity contribution in [3.05, 3.63) is 55.0 Å². The summed E-state index contributed by atoms with van der Waals surface area (Å²) in [7, 11) is 0. The summed E-state index contributed by atoms with van der Waals surface area (Å²) in [6, 6.07) is 12.1. The molecule has 1 aliphatic rings.